The quantitative estimate of drug-likeness (QED) is 0.694. The monoisotopic (exact) mass is 327 g/mol. The van der Waals surface area contributed by atoms with Gasteiger partial charge in [0.1, 0.15) is 11.6 Å². The molecule has 2 aromatic heterocycles. The van der Waals surface area contributed by atoms with Crippen LogP contribution in [-0.4, -0.2) is 39.9 Å². The predicted octanol–water partition coefficient (Wildman–Crippen LogP) is 2.59. The second kappa shape index (κ2) is 6.53. The molecule has 2 heterocycles. The number of carbonyl (C=O) groups excluding carboxylic acids is 1. The lowest BCUT2D eigenvalue weighted by molar-refractivity contribution is 0.0512. The Morgan fingerprint density at radius 1 is 1.29 bits per heavy atom. The number of nitrogens with zero attached hydrogens (tertiary/aromatic N) is 3. The Bertz CT molecular complexity index is 891. The highest BCUT2D eigenvalue weighted by molar-refractivity contribution is 5.95. The Morgan fingerprint density at radius 2 is 2.12 bits per heavy atom. The second-order valence-electron chi connectivity index (χ2n) is 5.06. The number of H-pyrrole nitrogens is 1. The van der Waals surface area contributed by atoms with Crippen LogP contribution in [0.25, 0.3) is 10.9 Å². The largest absolute Gasteiger partial charge is 0.497 e. The molecule has 0 aliphatic rings. The Labute approximate surface area is 138 Å². The first-order valence-electron chi connectivity index (χ1n) is 7.42. The normalized spacial score (nSPS) is 10.6. The maximum atomic E-state index is 12.0. The van der Waals surface area contributed by atoms with Crippen LogP contribution in [0.5, 0.6) is 5.75 Å². The van der Waals surface area contributed by atoms with E-state index >= 15 is 0 Å². The minimum atomic E-state index is -0.580. The summed E-state index contributed by atoms with van der Waals surface area (Å²) in [5.74, 6) is 1.10. The van der Waals surface area contributed by atoms with Crippen LogP contribution in [0, 0.1) is 6.92 Å². The van der Waals surface area contributed by atoms with E-state index in [0.717, 1.165) is 11.1 Å². The van der Waals surface area contributed by atoms with Gasteiger partial charge in [0.25, 0.3) is 0 Å². The summed E-state index contributed by atoms with van der Waals surface area (Å²) in [5, 5.41) is 10.8. The van der Waals surface area contributed by atoms with E-state index in [0.29, 0.717) is 22.9 Å². The fourth-order valence-corrected chi connectivity index (χ4v) is 2.22. The van der Waals surface area contributed by atoms with Crippen LogP contribution in [0.2, 0.25) is 0 Å². The molecule has 0 saturated carbocycles. The molecule has 0 bridgehead atoms. The molecule has 3 rings (SSSR count). The van der Waals surface area contributed by atoms with Crippen molar-refractivity contribution in [2.24, 2.45) is 0 Å². The third kappa shape index (κ3) is 3.12. The van der Waals surface area contributed by atoms with E-state index in [-0.39, 0.29) is 12.4 Å². The molecule has 3 aromatic rings. The lowest BCUT2D eigenvalue weighted by Crippen LogP contribution is -2.11. The minimum Gasteiger partial charge on any atom is -0.497 e. The van der Waals surface area contributed by atoms with E-state index in [9.17, 15) is 4.79 Å². The number of carbonyl (C=O) groups is 1. The van der Waals surface area contributed by atoms with Gasteiger partial charge in [-0.3, -0.25) is 5.10 Å². The van der Waals surface area contributed by atoms with E-state index in [1.807, 2.05) is 19.1 Å². The van der Waals surface area contributed by atoms with Crippen LogP contribution < -0.4 is 10.1 Å². The molecular weight excluding hydrogens is 310 g/mol. The highest BCUT2D eigenvalue weighted by Gasteiger charge is 2.16. The molecule has 1 aromatic carbocycles. The Balaban J connectivity index is 2.11. The maximum absolute atomic E-state index is 12.0. The smallest absolute Gasteiger partial charge is 0.376 e. The summed E-state index contributed by atoms with van der Waals surface area (Å²) >= 11 is 0. The number of anilines is 2. The van der Waals surface area contributed by atoms with Gasteiger partial charge in [0, 0.05) is 23.2 Å². The molecular formula is C16H17N5O3. The number of methoxy groups -OCH3 is 1. The number of aryl methyl sites for hydroxylation is 1. The average Bonchev–Trinajstić information content (AvgIpc) is 2.99. The first-order valence-corrected chi connectivity index (χ1v) is 7.42. The Kier molecular flexibility index (Phi) is 4.28. The summed E-state index contributed by atoms with van der Waals surface area (Å²) < 4.78 is 10.2. The van der Waals surface area contributed by atoms with Gasteiger partial charge in [-0.2, -0.15) is 5.10 Å². The topological polar surface area (TPSA) is 102 Å². The summed E-state index contributed by atoms with van der Waals surface area (Å²) in [6, 6.07) is 7.20. The first-order chi connectivity index (χ1) is 11.6. The predicted molar refractivity (Wildman–Crippen MR) is 88.7 cm³/mol. The molecule has 0 fully saturated rings. The van der Waals surface area contributed by atoms with E-state index in [4.69, 9.17) is 9.47 Å². The number of rotatable bonds is 5. The first kappa shape index (κ1) is 15.7. The highest BCUT2D eigenvalue weighted by atomic mass is 16.5. The number of hydrogen-bond acceptors (Lipinski definition) is 7. The number of aromatic nitrogens is 4. The number of esters is 1. The van der Waals surface area contributed by atoms with Gasteiger partial charge in [-0.05, 0) is 26.0 Å². The second-order valence-corrected chi connectivity index (χ2v) is 5.06. The minimum absolute atomic E-state index is 0.0210. The summed E-state index contributed by atoms with van der Waals surface area (Å²) in [5.41, 5.74) is 1.48. The van der Waals surface area contributed by atoms with Crippen LogP contribution >= 0.6 is 0 Å². The number of ether oxygens (including phenoxy) is 2. The van der Waals surface area contributed by atoms with Crippen molar-refractivity contribution in [3.05, 3.63) is 35.8 Å². The molecule has 0 atom stereocenters. The molecule has 0 radical (unpaired) electrons. The van der Waals surface area contributed by atoms with E-state index < -0.39 is 5.97 Å². The lowest BCUT2D eigenvalue weighted by atomic mass is 10.2. The van der Waals surface area contributed by atoms with Gasteiger partial charge in [0.05, 0.1) is 19.2 Å². The van der Waals surface area contributed by atoms with Crippen molar-refractivity contribution < 1.29 is 14.3 Å². The van der Waals surface area contributed by atoms with Crippen molar-refractivity contribution in [1.29, 1.82) is 0 Å². The third-order valence-corrected chi connectivity index (χ3v) is 3.31. The standard InChI is InChI=1S/C16H17N5O3/c1-4-24-16(22)15-17-12-8-10(23-3)5-6-11(12)14(19-15)18-13-7-9(2)20-21-13/h5-8H,4H2,1-3H3,(H2,17,18,19,20,21). The summed E-state index contributed by atoms with van der Waals surface area (Å²) in [6.45, 7) is 3.87. The number of benzene rings is 1. The SMILES string of the molecule is CCOC(=O)c1nc(Nc2cc(C)[nH]n2)c2ccc(OC)cc2n1. The van der Waals surface area contributed by atoms with Crippen molar-refractivity contribution >= 4 is 28.5 Å². The van der Waals surface area contributed by atoms with Crippen molar-refractivity contribution in [3.63, 3.8) is 0 Å². The zero-order chi connectivity index (χ0) is 17.1. The number of nitrogens with one attached hydrogen (secondary N) is 2. The van der Waals surface area contributed by atoms with E-state index in [2.05, 4.69) is 25.5 Å². The van der Waals surface area contributed by atoms with Gasteiger partial charge < -0.3 is 14.8 Å². The fraction of sp³-hybridized carbons (Fsp3) is 0.250. The van der Waals surface area contributed by atoms with Gasteiger partial charge >= 0.3 is 5.97 Å². The molecule has 0 amide bonds. The van der Waals surface area contributed by atoms with Gasteiger partial charge in [-0.15, -0.1) is 0 Å². The molecule has 0 unspecified atom stereocenters. The number of hydrogen-bond donors (Lipinski definition) is 2. The third-order valence-electron chi connectivity index (χ3n) is 3.31. The van der Waals surface area contributed by atoms with Gasteiger partial charge in [-0.1, -0.05) is 0 Å². The Hall–Kier alpha value is -3.16. The van der Waals surface area contributed by atoms with E-state index in [1.165, 1.54) is 0 Å². The summed E-state index contributed by atoms with van der Waals surface area (Å²) in [4.78, 5) is 20.6. The van der Waals surface area contributed by atoms with Crippen LogP contribution in [0.1, 0.15) is 23.2 Å². The van der Waals surface area contributed by atoms with Crippen LogP contribution in [0.4, 0.5) is 11.6 Å². The molecule has 2 N–H and O–H groups in total. The molecule has 0 aliphatic carbocycles. The van der Waals surface area contributed by atoms with Crippen molar-refractivity contribution in [3.8, 4) is 5.75 Å². The zero-order valence-electron chi connectivity index (χ0n) is 13.6. The van der Waals surface area contributed by atoms with E-state index in [1.54, 1.807) is 26.2 Å². The molecule has 0 saturated heterocycles. The fourth-order valence-electron chi connectivity index (χ4n) is 2.22. The molecule has 8 heteroatoms. The number of fused-ring (bicyclic) bond motifs is 1. The van der Waals surface area contributed by atoms with Crippen LogP contribution in [0.3, 0.4) is 0 Å². The maximum Gasteiger partial charge on any atom is 0.376 e. The van der Waals surface area contributed by atoms with Gasteiger partial charge in [0.2, 0.25) is 5.82 Å². The molecule has 0 aliphatic heterocycles. The molecule has 8 nitrogen and oxygen atoms in total. The van der Waals surface area contributed by atoms with Crippen molar-refractivity contribution in [2.45, 2.75) is 13.8 Å². The van der Waals surface area contributed by atoms with Gasteiger partial charge in [-0.25, -0.2) is 14.8 Å². The Morgan fingerprint density at radius 3 is 2.79 bits per heavy atom. The van der Waals surface area contributed by atoms with Crippen LogP contribution in [-0.2, 0) is 4.74 Å². The summed E-state index contributed by atoms with van der Waals surface area (Å²) in [6.07, 6.45) is 0. The van der Waals surface area contributed by atoms with Crippen molar-refractivity contribution in [1.82, 2.24) is 20.2 Å². The van der Waals surface area contributed by atoms with Gasteiger partial charge in [0.15, 0.2) is 5.82 Å². The summed E-state index contributed by atoms with van der Waals surface area (Å²) in [7, 11) is 1.57. The number of aromatic amines is 1. The van der Waals surface area contributed by atoms with Crippen LogP contribution in [0.15, 0.2) is 24.3 Å². The average molecular weight is 327 g/mol. The van der Waals surface area contributed by atoms with Crippen molar-refractivity contribution in [2.75, 3.05) is 19.0 Å². The molecule has 24 heavy (non-hydrogen) atoms. The molecule has 124 valence electrons. The molecule has 0 spiro atoms. The highest BCUT2D eigenvalue weighted by Crippen LogP contribution is 2.26. The zero-order valence-corrected chi connectivity index (χ0v) is 13.6. The lowest BCUT2D eigenvalue weighted by Gasteiger charge is -2.10.